The largest absolute Gasteiger partial charge is 0.294 e. The number of dihydropyridines is 1. The Morgan fingerprint density at radius 1 is 1.25 bits per heavy atom. The topological polar surface area (TPSA) is 46.5 Å². The van der Waals surface area contributed by atoms with Gasteiger partial charge in [-0.3, -0.25) is 14.6 Å². The highest BCUT2D eigenvalue weighted by atomic mass is 16.1. The molecule has 60 valence electrons. The highest BCUT2D eigenvalue weighted by molar-refractivity contribution is 6.13. The molecular weight excluding hydrogens is 154 g/mol. The lowest BCUT2D eigenvalue weighted by molar-refractivity contribution is -0.118. The molecule has 1 aliphatic heterocycles. The fraction of sp³-hybridized carbons (Fsp3) is 0.222. The Labute approximate surface area is 69.5 Å². The molecule has 2 rings (SSSR count). The van der Waals surface area contributed by atoms with Crippen LogP contribution in [0.2, 0.25) is 0 Å². The fourth-order valence-electron chi connectivity index (χ4n) is 1.32. The Hall–Kier alpha value is -1.51. The maximum atomic E-state index is 11.2. The third-order valence-electron chi connectivity index (χ3n) is 1.95. The first-order chi connectivity index (χ1) is 5.77. The van der Waals surface area contributed by atoms with E-state index in [1.165, 1.54) is 6.08 Å². The predicted octanol–water partition coefficient (Wildman–Crippen LogP) is 0.465. The number of carbonyl (C=O) groups is 2. The number of rotatable bonds is 0. The van der Waals surface area contributed by atoms with E-state index < -0.39 is 0 Å². The number of hydrogen-bond acceptors (Lipinski definition) is 3. The van der Waals surface area contributed by atoms with E-state index in [1.807, 2.05) is 0 Å². The molecule has 1 aliphatic carbocycles. The van der Waals surface area contributed by atoms with E-state index in [2.05, 4.69) is 4.99 Å². The quantitative estimate of drug-likeness (QED) is 0.518. The summed E-state index contributed by atoms with van der Waals surface area (Å²) >= 11 is 0. The van der Waals surface area contributed by atoms with Gasteiger partial charge in [-0.15, -0.1) is 0 Å². The van der Waals surface area contributed by atoms with Crippen LogP contribution in [0.5, 0.6) is 0 Å². The number of hydrogen-bond donors (Lipinski definition) is 0. The van der Waals surface area contributed by atoms with E-state index in [1.54, 1.807) is 12.3 Å². The van der Waals surface area contributed by atoms with Crippen LogP contribution in [-0.4, -0.2) is 24.3 Å². The van der Waals surface area contributed by atoms with Gasteiger partial charge in [-0.25, -0.2) is 0 Å². The maximum absolute atomic E-state index is 11.2. The zero-order valence-electron chi connectivity index (χ0n) is 6.41. The molecule has 0 radical (unpaired) electrons. The van der Waals surface area contributed by atoms with E-state index in [-0.39, 0.29) is 24.5 Å². The lowest BCUT2D eigenvalue weighted by Crippen LogP contribution is -2.18. The highest BCUT2D eigenvalue weighted by Gasteiger charge is 2.20. The molecular formula is C9H7NO2. The van der Waals surface area contributed by atoms with Crippen molar-refractivity contribution in [3.8, 4) is 0 Å². The van der Waals surface area contributed by atoms with E-state index in [0.29, 0.717) is 5.57 Å². The standard InChI is InChI=1S/C9H7NO2/c11-7-2-1-6-4-10-5-9(12)8(6)3-7/h1-2,4H,3,5H2. The van der Waals surface area contributed by atoms with Gasteiger partial charge >= 0.3 is 0 Å². The molecule has 3 heteroatoms. The monoisotopic (exact) mass is 161 g/mol. The zero-order valence-corrected chi connectivity index (χ0v) is 6.41. The molecule has 0 bridgehead atoms. The molecule has 2 aliphatic rings. The van der Waals surface area contributed by atoms with Crippen molar-refractivity contribution in [3.05, 3.63) is 23.3 Å². The molecule has 1 heterocycles. The van der Waals surface area contributed by atoms with Crippen LogP contribution in [0.15, 0.2) is 28.3 Å². The summed E-state index contributed by atoms with van der Waals surface area (Å²) in [7, 11) is 0. The summed E-state index contributed by atoms with van der Waals surface area (Å²) < 4.78 is 0. The van der Waals surface area contributed by atoms with Crippen molar-refractivity contribution >= 4 is 17.8 Å². The van der Waals surface area contributed by atoms with Gasteiger partial charge in [0.25, 0.3) is 0 Å². The molecule has 0 saturated heterocycles. The number of Topliss-reactive ketones (excluding diaryl/α,β-unsaturated/α-hetero) is 1. The smallest absolute Gasteiger partial charge is 0.181 e. The molecule has 3 nitrogen and oxygen atoms in total. The zero-order chi connectivity index (χ0) is 8.55. The van der Waals surface area contributed by atoms with Gasteiger partial charge in [0, 0.05) is 18.2 Å². The second kappa shape index (κ2) is 2.52. The molecule has 0 N–H and O–H groups in total. The molecule has 0 atom stereocenters. The Kier molecular flexibility index (Phi) is 1.50. The van der Waals surface area contributed by atoms with Gasteiger partial charge < -0.3 is 0 Å². The predicted molar refractivity (Wildman–Crippen MR) is 44.2 cm³/mol. The molecule has 0 unspecified atom stereocenters. The minimum absolute atomic E-state index is 0.00241. The van der Waals surface area contributed by atoms with Crippen LogP contribution in [0.4, 0.5) is 0 Å². The van der Waals surface area contributed by atoms with Gasteiger partial charge in [0.15, 0.2) is 11.6 Å². The minimum Gasteiger partial charge on any atom is -0.294 e. The summed E-state index contributed by atoms with van der Waals surface area (Å²) in [5, 5.41) is 0. The summed E-state index contributed by atoms with van der Waals surface area (Å²) in [6, 6.07) is 0. The number of allylic oxidation sites excluding steroid dienone is 3. The molecule has 12 heavy (non-hydrogen) atoms. The molecule has 0 amide bonds. The van der Waals surface area contributed by atoms with Crippen molar-refractivity contribution in [2.45, 2.75) is 6.42 Å². The van der Waals surface area contributed by atoms with Crippen molar-refractivity contribution in [1.29, 1.82) is 0 Å². The van der Waals surface area contributed by atoms with Gasteiger partial charge in [0.2, 0.25) is 0 Å². The number of nitrogens with zero attached hydrogens (tertiary/aromatic N) is 1. The Morgan fingerprint density at radius 2 is 2.08 bits per heavy atom. The summed E-state index contributed by atoms with van der Waals surface area (Å²) in [5.74, 6) is -0.0254. The van der Waals surface area contributed by atoms with Crippen molar-refractivity contribution < 1.29 is 9.59 Å². The van der Waals surface area contributed by atoms with Crippen molar-refractivity contribution in [2.75, 3.05) is 6.54 Å². The first kappa shape index (κ1) is 7.16. The van der Waals surface area contributed by atoms with Gasteiger partial charge in [0.05, 0.1) is 0 Å². The second-order valence-corrected chi connectivity index (χ2v) is 2.80. The van der Waals surface area contributed by atoms with Crippen LogP contribution in [-0.2, 0) is 9.59 Å². The number of aliphatic imine (C=N–C) groups is 1. The molecule has 0 spiro atoms. The number of ketones is 2. The highest BCUT2D eigenvalue weighted by Crippen LogP contribution is 2.19. The molecule has 0 aromatic rings. The van der Waals surface area contributed by atoms with Crippen LogP contribution in [0, 0.1) is 0 Å². The van der Waals surface area contributed by atoms with Gasteiger partial charge in [-0.05, 0) is 17.7 Å². The molecule has 0 saturated carbocycles. The average Bonchev–Trinajstić information content (AvgIpc) is 2.07. The van der Waals surface area contributed by atoms with E-state index in [9.17, 15) is 9.59 Å². The SMILES string of the molecule is O=C1C=CC2=C(C1)C(=O)CN=C2. The van der Waals surface area contributed by atoms with Crippen molar-refractivity contribution in [3.63, 3.8) is 0 Å². The molecule has 0 fully saturated rings. The summed E-state index contributed by atoms with van der Waals surface area (Å²) in [4.78, 5) is 26.0. The van der Waals surface area contributed by atoms with Gasteiger partial charge in [0.1, 0.15) is 6.54 Å². The Balaban J connectivity index is 2.45. The van der Waals surface area contributed by atoms with Gasteiger partial charge in [-0.1, -0.05) is 0 Å². The van der Waals surface area contributed by atoms with Crippen molar-refractivity contribution in [1.82, 2.24) is 0 Å². The first-order valence-corrected chi connectivity index (χ1v) is 3.74. The normalized spacial score (nSPS) is 21.7. The van der Waals surface area contributed by atoms with E-state index >= 15 is 0 Å². The van der Waals surface area contributed by atoms with Crippen LogP contribution in [0.25, 0.3) is 0 Å². The van der Waals surface area contributed by atoms with Crippen LogP contribution in [0.3, 0.4) is 0 Å². The van der Waals surface area contributed by atoms with Gasteiger partial charge in [-0.2, -0.15) is 0 Å². The van der Waals surface area contributed by atoms with E-state index in [0.717, 1.165) is 5.57 Å². The third kappa shape index (κ3) is 1.03. The fourth-order valence-corrected chi connectivity index (χ4v) is 1.32. The van der Waals surface area contributed by atoms with Crippen molar-refractivity contribution in [2.24, 2.45) is 4.99 Å². The van der Waals surface area contributed by atoms with E-state index in [4.69, 9.17) is 0 Å². The lowest BCUT2D eigenvalue weighted by Gasteiger charge is -2.13. The lowest BCUT2D eigenvalue weighted by atomic mass is 9.92. The summed E-state index contributed by atoms with van der Waals surface area (Å²) in [6.45, 7) is 0.194. The van der Waals surface area contributed by atoms with Crippen LogP contribution >= 0.6 is 0 Å². The first-order valence-electron chi connectivity index (χ1n) is 3.74. The second-order valence-electron chi connectivity index (χ2n) is 2.80. The average molecular weight is 161 g/mol. The Morgan fingerprint density at radius 3 is 2.92 bits per heavy atom. The number of carbonyl (C=O) groups excluding carboxylic acids is 2. The Bertz CT molecular complexity index is 348. The summed E-state index contributed by atoms with van der Waals surface area (Å²) in [6.07, 6.45) is 5.04. The molecule has 0 aromatic heterocycles. The summed E-state index contributed by atoms with van der Waals surface area (Å²) in [5.41, 5.74) is 1.42. The van der Waals surface area contributed by atoms with Crippen LogP contribution in [0.1, 0.15) is 6.42 Å². The third-order valence-corrected chi connectivity index (χ3v) is 1.95. The molecule has 0 aromatic carbocycles. The minimum atomic E-state index is -0.0230. The maximum Gasteiger partial charge on any atom is 0.181 e. The van der Waals surface area contributed by atoms with Crippen LogP contribution < -0.4 is 0 Å².